The number of hydrogen-bond acceptors (Lipinski definition) is 5. The van der Waals surface area contributed by atoms with Crippen LogP contribution in [0.25, 0.3) is 11.5 Å². The van der Waals surface area contributed by atoms with Gasteiger partial charge in [-0.05, 0) is 62.6 Å². The minimum absolute atomic E-state index is 0.292. The second kappa shape index (κ2) is 9.95. The fraction of sp³-hybridized carbons (Fsp3) is 0.296. The summed E-state index contributed by atoms with van der Waals surface area (Å²) in [5.41, 5.74) is 4.07. The van der Waals surface area contributed by atoms with Gasteiger partial charge in [0.15, 0.2) is 6.04 Å². The van der Waals surface area contributed by atoms with Crippen molar-refractivity contribution in [1.29, 1.82) is 0 Å². The van der Waals surface area contributed by atoms with E-state index in [2.05, 4.69) is 4.98 Å². The Labute approximate surface area is 198 Å². The number of ether oxygens (including phenoxy) is 1. The van der Waals surface area contributed by atoms with Gasteiger partial charge in [0.05, 0.1) is 12.3 Å². The molecule has 0 bridgehead atoms. The summed E-state index contributed by atoms with van der Waals surface area (Å²) in [6, 6.07) is 14.1. The Bertz CT molecular complexity index is 1230. The number of fused-ring (bicyclic) bond motifs is 1. The molecule has 2 aromatic carbocycles. The standard InChI is InChI=1S/C27H28N2O5/c1-17(2)15-24(30)29-13-11-19-9-10-21(16-22(19)25(29)27(31)32)33-14-12-23-18(3)34-26(28-23)20-7-5-4-6-8-20/h4-10,15-16,25H,11-14H2,1-3H3,(H,31,32). The Morgan fingerprint density at radius 3 is 2.68 bits per heavy atom. The van der Waals surface area contributed by atoms with Crippen molar-refractivity contribution < 1.29 is 23.8 Å². The first-order chi connectivity index (χ1) is 16.3. The van der Waals surface area contributed by atoms with Crippen LogP contribution in [0.4, 0.5) is 0 Å². The number of oxazole rings is 1. The molecule has 34 heavy (non-hydrogen) atoms. The number of rotatable bonds is 7. The predicted molar refractivity (Wildman–Crippen MR) is 128 cm³/mol. The number of carbonyl (C=O) groups is 2. The quantitative estimate of drug-likeness (QED) is 0.512. The zero-order chi connectivity index (χ0) is 24.2. The highest BCUT2D eigenvalue weighted by Crippen LogP contribution is 2.33. The lowest BCUT2D eigenvalue weighted by atomic mass is 9.92. The molecule has 1 aromatic heterocycles. The molecule has 0 saturated heterocycles. The molecule has 1 unspecified atom stereocenters. The molecule has 176 valence electrons. The van der Waals surface area contributed by atoms with Crippen LogP contribution >= 0.6 is 0 Å². The molecule has 1 aliphatic rings. The van der Waals surface area contributed by atoms with Gasteiger partial charge in [-0.3, -0.25) is 4.79 Å². The summed E-state index contributed by atoms with van der Waals surface area (Å²) in [4.78, 5) is 30.7. The van der Waals surface area contributed by atoms with E-state index in [4.69, 9.17) is 9.15 Å². The topological polar surface area (TPSA) is 92.9 Å². The van der Waals surface area contributed by atoms with Crippen LogP contribution in [-0.4, -0.2) is 40.0 Å². The van der Waals surface area contributed by atoms with E-state index in [9.17, 15) is 14.7 Å². The van der Waals surface area contributed by atoms with Gasteiger partial charge in [-0.1, -0.05) is 29.8 Å². The van der Waals surface area contributed by atoms with E-state index in [1.165, 1.54) is 11.0 Å². The molecule has 0 aliphatic carbocycles. The monoisotopic (exact) mass is 460 g/mol. The van der Waals surface area contributed by atoms with Crippen LogP contribution in [0.15, 0.2) is 64.6 Å². The number of carboxylic acid groups (broad SMARTS) is 1. The molecular formula is C27H28N2O5. The third kappa shape index (κ3) is 5.03. The first kappa shape index (κ1) is 23.3. The highest BCUT2D eigenvalue weighted by Gasteiger charge is 2.35. The molecule has 4 rings (SSSR count). The van der Waals surface area contributed by atoms with Gasteiger partial charge in [-0.2, -0.15) is 0 Å². The van der Waals surface area contributed by atoms with Crippen molar-refractivity contribution >= 4 is 11.9 Å². The Kier molecular flexibility index (Phi) is 6.82. The maximum absolute atomic E-state index is 12.6. The third-order valence-corrected chi connectivity index (χ3v) is 5.80. The lowest BCUT2D eigenvalue weighted by Crippen LogP contribution is -2.42. The number of carbonyl (C=O) groups excluding carboxylic acids is 1. The van der Waals surface area contributed by atoms with Crippen molar-refractivity contribution in [3.8, 4) is 17.2 Å². The molecule has 0 fully saturated rings. The Morgan fingerprint density at radius 2 is 1.97 bits per heavy atom. The van der Waals surface area contributed by atoms with Crippen molar-refractivity contribution in [2.45, 2.75) is 39.7 Å². The minimum Gasteiger partial charge on any atom is -0.493 e. The van der Waals surface area contributed by atoms with E-state index in [1.807, 2.05) is 63.2 Å². The average molecular weight is 461 g/mol. The van der Waals surface area contributed by atoms with Crippen LogP contribution in [0.1, 0.15) is 42.5 Å². The van der Waals surface area contributed by atoms with E-state index in [1.54, 1.807) is 6.07 Å². The molecule has 1 atom stereocenters. The van der Waals surface area contributed by atoms with Crippen molar-refractivity contribution in [3.63, 3.8) is 0 Å². The molecule has 3 aromatic rings. The number of aliphatic carboxylic acids is 1. The molecule has 1 aliphatic heterocycles. The Hall–Kier alpha value is -3.87. The van der Waals surface area contributed by atoms with Crippen molar-refractivity contribution in [3.05, 3.63) is 82.8 Å². The van der Waals surface area contributed by atoms with Crippen LogP contribution in [0.3, 0.4) is 0 Å². The number of benzene rings is 2. The van der Waals surface area contributed by atoms with Crippen molar-refractivity contribution in [2.24, 2.45) is 0 Å². The summed E-state index contributed by atoms with van der Waals surface area (Å²) in [6.07, 6.45) is 2.63. The normalized spacial score (nSPS) is 14.9. The molecule has 1 N–H and O–H groups in total. The zero-order valence-electron chi connectivity index (χ0n) is 19.6. The first-order valence-electron chi connectivity index (χ1n) is 11.3. The summed E-state index contributed by atoms with van der Waals surface area (Å²) < 4.78 is 11.8. The molecule has 0 radical (unpaired) electrons. The maximum Gasteiger partial charge on any atom is 0.331 e. The van der Waals surface area contributed by atoms with E-state index in [-0.39, 0.29) is 5.91 Å². The molecule has 7 heteroatoms. The largest absolute Gasteiger partial charge is 0.493 e. The SMILES string of the molecule is CC(C)=CC(=O)N1CCc2ccc(OCCc3nc(-c4ccccc4)oc3C)cc2C1C(=O)O. The van der Waals surface area contributed by atoms with Crippen molar-refractivity contribution in [2.75, 3.05) is 13.2 Å². The first-order valence-corrected chi connectivity index (χ1v) is 11.3. The van der Waals surface area contributed by atoms with E-state index < -0.39 is 12.0 Å². The maximum atomic E-state index is 12.6. The van der Waals surface area contributed by atoms with Crippen LogP contribution < -0.4 is 4.74 Å². The Morgan fingerprint density at radius 1 is 1.21 bits per heavy atom. The molecule has 0 spiro atoms. The summed E-state index contributed by atoms with van der Waals surface area (Å²) in [7, 11) is 0. The predicted octanol–water partition coefficient (Wildman–Crippen LogP) is 4.75. The van der Waals surface area contributed by atoms with Gasteiger partial charge in [0.2, 0.25) is 11.8 Å². The number of hydrogen-bond donors (Lipinski definition) is 1. The van der Waals surface area contributed by atoms with Crippen LogP contribution in [0.2, 0.25) is 0 Å². The van der Waals surface area contributed by atoms with E-state index in [0.29, 0.717) is 43.2 Å². The van der Waals surface area contributed by atoms with Gasteiger partial charge in [0, 0.05) is 24.6 Å². The summed E-state index contributed by atoms with van der Waals surface area (Å²) in [5.74, 6) is 0.533. The second-order valence-electron chi connectivity index (χ2n) is 8.59. The fourth-order valence-electron chi connectivity index (χ4n) is 4.15. The minimum atomic E-state index is -1.06. The van der Waals surface area contributed by atoms with Crippen molar-refractivity contribution in [1.82, 2.24) is 9.88 Å². The van der Waals surface area contributed by atoms with E-state index in [0.717, 1.165) is 28.2 Å². The number of aromatic nitrogens is 1. The second-order valence-corrected chi connectivity index (χ2v) is 8.59. The smallest absolute Gasteiger partial charge is 0.331 e. The fourth-order valence-corrected chi connectivity index (χ4v) is 4.15. The van der Waals surface area contributed by atoms with Gasteiger partial charge >= 0.3 is 5.97 Å². The molecule has 0 saturated carbocycles. The zero-order valence-corrected chi connectivity index (χ0v) is 19.6. The highest BCUT2D eigenvalue weighted by molar-refractivity contribution is 5.92. The molecule has 2 heterocycles. The number of aryl methyl sites for hydroxylation is 1. The lowest BCUT2D eigenvalue weighted by molar-refractivity contribution is -0.149. The van der Waals surface area contributed by atoms with Gasteiger partial charge in [-0.25, -0.2) is 9.78 Å². The van der Waals surface area contributed by atoms with E-state index >= 15 is 0 Å². The summed E-state index contributed by atoms with van der Waals surface area (Å²) in [6.45, 7) is 6.23. The highest BCUT2D eigenvalue weighted by atomic mass is 16.5. The van der Waals surface area contributed by atoms with Crippen LogP contribution in [-0.2, 0) is 22.4 Å². The molecule has 1 amide bonds. The molecule has 7 nitrogen and oxygen atoms in total. The number of allylic oxidation sites excluding steroid dienone is 1. The van der Waals surface area contributed by atoms with Crippen LogP contribution in [0, 0.1) is 6.92 Å². The lowest BCUT2D eigenvalue weighted by Gasteiger charge is -2.34. The number of amides is 1. The third-order valence-electron chi connectivity index (χ3n) is 5.80. The van der Waals surface area contributed by atoms with Gasteiger partial charge in [-0.15, -0.1) is 0 Å². The Balaban J connectivity index is 1.48. The van der Waals surface area contributed by atoms with Gasteiger partial charge < -0.3 is 19.2 Å². The number of carboxylic acids is 1. The molecular weight excluding hydrogens is 432 g/mol. The summed E-state index contributed by atoms with van der Waals surface area (Å²) in [5, 5.41) is 9.91. The van der Waals surface area contributed by atoms with Crippen LogP contribution in [0.5, 0.6) is 5.75 Å². The van der Waals surface area contributed by atoms with Gasteiger partial charge in [0.25, 0.3) is 0 Å². The summed E-state index contributed by atoms with van der Waals surface area (Å²) >= 11 is 0. The number of nitrogens with zero attached hydrogens (tertiary/aromatic N) is 2. The average Bonchev–Trinajstić information content (AvgIpc) is 3.18. The van der Waals surface area contributed by atoms with Gasteiger partial charge in [0.1, 0.15) is 11.5 Å².